The van der Waals surface area contributed by atoms with E-state index in [2.05, 4.69) is 0 Å². The lowest BCUT2D eigenvalue weighted by atomic mass is 10.2. The molecule has 1 rings (SSSR count). The number of nitrogens with two attached hydrogens (primary N) is 1. The van der Waals surface area contributed by atoms with E-state index in [9.17, 15) is 18.0 Å². The summed E-state index contributed by atoms with van der Waals surface area (Å²) in [5, 5.41) is 9.04. The maximum Gasteiger partial charge on any atom is 0.406 e. The first-order valence-electron chi connectivity index (χ1n) is 5.18. The second kappa shape index (κ2) is 5.72. The molecule has 0 atom stereocenters. The number of phenols is 1. The molecular formula is C11H13F3N2O2. The number of hydrogen-bond acceptors (Lipinski definition) is 3. The number of benzene rings is 1. The van der Waals surface area contributed by atoms with Gasteiger partial charge in [-0.1, -0.05) is 0 Å². The number of carbonyl (C=O) groups excluding carboxylic acids is 1. The van der Waals surface area contributed by atoms with Gasteiger partial charge in [0, 0.05) is 18.7 Å². The summed E-state index contributed by atoms with van der Waals surface area (Å²) >= 11 is 0. The fraction of sp³-hybridized carbons (Fsp3) is 0.364. The maximum atomic E-state index is 12.3. The molecule has 1 aromatic rings. The minimum Gasteiger partial charge on any atom is -0.508 e. The second-order valence-corrected chi connectivity index (χ2v) is 3.68. The highest BCUT2D eigenvalue weighted by Crippen LogP contribution is 2.18. The van der Waals surface area contributed by atoms with Crippen molar-refractivity contribution in [3.63, 3.8) is 0 Å². The van der Waals surface area contributed by atoms with Crippen molar-refractivity contribution in [2.45, 2.75) is 6.18 Å². The van der Waals surface area contributed by atoms with Crippen molar-refractivity contribution in [2.75, 3.05) is 19.6 Å². The van der Waals surface area contributed by atoms with E-state index in [-0.39, 0.29) is 24.4 Å². The van der Waals surface area contributed by atoms with E-state index < -0.39 is 18.6 Å². The summed E-state index contributed by atoms with van der Waals surface area (Å²) in [6, 6.07) is 5.00. The van der Waals surface area contributed by atoms with Crippen LogP contribution in [-0.4, -0.2) is 41.7 Å². The van der Waals surface area contributed by atoms with Crippen molar-refractivity contribution in [3.05, 3.63) is 29.8 Å². The molecular weight excluding hydrogens is 249 g/mol. The second-order valence-electron chi connectivity index (χ2n) is 3.68. The third-order valence-electron chi connectivity index (χ3n) is 2.17. The van der Waals surface area contributed by atoms with Gasteiger partial charge in [0.15, 0.2) is 0 Å². The zero-order valence-corrected chi connectivity index (χ0v) is 9.44. The molecule has 0 aliphatic rings. The smallest absolute Gasteiger partial charge is 0.406 e. The van der Waals surface area contributed by atoms with Crippen molar-refractivity contribution in [1.82, 2.24) is 4.90 Å². The summed E-state index contributed by atoms with van der Waals surface area (Å²) in [4.78, 5) is 12.4. The van der Waals surface area contributed by atoms with E-state index in [0.717, 1.165) is 0 Å². The molecule has 1 amide bonds. The lowest BCUT2D eigenvalue weighted by molar-refractivity contribution is -0.140. The van der Waals surface area contributed by atoms with Crippen LogP contribution in [0.1, 0.15) is 10.4 Å². The van der Waals surface area contributed by atoms with Crippen molar-refractivity contribution in [2.24, 2.45) is 5.73 Å². The van der Waals surface area contributed by atoms with Gasteiger partial charge in [-0.3, -0.25) is 4.79 Å². The summed E-state index contributed by atoms with van der Waals surface area (Å²) in [6.45, 7) is -1.58. The Balaban J connectivity index is 2.85. The molecule has 0 saturated carbocycles. The van der Waals surface area contributed by atoms with Crippen LogP contribution < -0.4 is 5.73 Å². The molecule has 0 bridgehead atoms. The highest BCUT2D eigenvalue weighted by atomic mass is 19.4. The minimum absolute atomic E-state index is 0.0557. The Morgan fingerprint density at radius 1 is 1.28 bits per heavy atom. The Morgan fingerprint density at radius 3 is 2.28 bits per heavy atom. The highest BCUT2D eigenvalue weighted by molar-refractivity contribution is 5.94. The van der Waals surface area contributed by atoms with Crippen molar-refractivity contribution in [3.8, 4) is 5.75 Å². The fourth-order valence-corrected chi connectivity index (χ4v) is 1.41. The first-order chi connectivity index (χ1) is 8.33. The molecule has 0 unspecified atom stereocenters. The molecule has 0 aliphatic heterocycles. The average Bonchev–Trinajstić information content (AvgIpc) is 2.27. The van der Waals surface area contributed by atoms with Gasteiger partial charge in [0.2, 0.25) is 0 Å². The molecule has 1 aromatic carbocycles. The van der Waals surface area contributed by atoms with Gasteiger partial charge in [0.25, 0.3) is 5.91 Å². The molecule has 0 aromatic heterocycles. The van der Waals surface area contributed by atoms with Gasteiger partial charge >= 0.3 is 6.18 Å². The third kappa shape index (κ3) is 4.25. The molecule has 100 valence electrons. The Labute approximate surface area is 102 Å². The van der Waals surface area contributed by atoms with E-state index >= 15 is 0 Å². The van der Waals surface area contributed by atoms with Crippen LogP contribution in [0.4, 0.5) is 13.2 Å². The number of rotatable bonds is 4. The summed E-state index contributed by atoms with van der Waals surface area (Å²) < 4.78 is 36.9. The zero-order chi connectivity index (χ0) is 13.8. The van der Waals surface area contributed by atoms with Crippen molar-refractivity contribution in [1.29, 1.82) is 0 Å². The number of phenolic OH excluding ortho intramolecular Hbond substituents is 1. The maximum absolute atomic E-state index is 12.3. The SMILES string of the molecule is NCCN(CC(F)(F)F)C(=O)c1ccc(O)cc1. The quantitative estimate of drug-likeness (QED) is 0.860. The summed E-state index contributed by atoms with van der Waals surface area (Å²) in [5.41, 5.74) is 5.26. The number of amides is 1. The Hall–Kier alpha value is -1.76. The van der Waals surface area contributed by atoms with E-state index in [1.807, 2.05) is 0 Å². The third-order valence-corrected chi connectivity index (χ3v) is 2.17. The average molecular weight is 262 g/mol. The number of halogens is 3. The number of carbonyl (C=O) groups is 1. The number of alkyl halides is 3. The highest BCUT2D eigenvalue weighted by Gasteiger charge is 2.32. The van der Waals surface area contributed by atoms with Gasteiger partial charge in [0.05, 0.1) is 0 Å². The van der Waals surface area contributed by atoms with Gasteiger partial charge in [-0.05, 0) is 24.3 Å². The van der Waals surface area contributed by atoms with Gasteiger partial charge in [-0.2, -0.15) is 13.2 Å². The van der Waals surface area contributed by atoms with Crippen LogP contribution in [0, 0.1) is 0 Å². The van der Waals surface area contributed by atoms with Crippen molar-refractivity contribution >= 4 is 5.91 Å². The van der Waals surface area contributed by atoms with E-state index in [0.29, 0.717) is 4.90 Å². The van der Waals surface area contributed by atoms with Crippen LogP contribution in [0.3, 0.4) is 0 Å². The first-order valence-corrected chi connectivity index (χ1v) is 5.18. The predicted molar refractivity (Wildman–Crippen MR) is 59.1 cm³/mol. The number of nitrogens with zero attached hydrogens (tertiary/aromatic N) is 1. The Bertz CT molecular complexity index is 404. The Kier molecular flexibility index (Phi) is 4.55. The van der Waals surface area contributed by atoms with Crippen LogP contribution >= 0.6 is 0 Å². The normalized spacial score (nSPS) is 11.3. The van der Waals surface area contributed by atoms with Gasteiger partial charge < -0.3 is 15.7 Å². The number of hydrogen-bond donors (Lipinski definition) is 2. The predicted octanol–water partition coefficient (Wildman–Crippen LogP) is 1.36. The van der Waals surface area contributed by atoms with E-state index in [1.54, 1.807) is 0 Å². The van der Waals surface area contributed by atoms with E-state index in [4.69, 9.17) is 10.8 Å². The van der Waals surface area contributed by atoms with Gasteiger partial charge in [0.1, 0.15) is 12.3 Å². The molecule has 0 heterocycles. The Morgan fingerprint density at radius 2 is 1.83 bits per heavy atom. The molecule has 0 aliphatic carbocycles. The topological polar surface area (TPSA) is 66.6 Å². The minimum atomic E-state index is -4.47. The molecule has 0 saturated heterocycles. The zero-order valence-electron chi connectivity index (χ0n) is 9.44. The summed E-state index contributed by atoms with van der Waals surface area (Å²) in [6.07, 6.45) is -4.47. The lowest BCUT2D eigenvalue weighted by Gasteiger charge is -2.23. The van der Waals surface area contributed by atoms with Gasteiger partial charge in [-0.15, -0.1) is 0 Å². The van der Waals surface area contributed by atoms with Crippen LogP contribution in [0.5, 0.6) is 5.75 Å². The summed E-state index contributed by atoms with van der Waals surface area (Å²) in [5.74, 6) is -0.828. The molecule has 0 fully saturated rings. The monoisotopic (exact) mass is 262 g/mol. The van der Waals surface area contributed by atoms with Crippen LogP contribution in [0.2, 0.25) is 0 Å². The first kappa shape index (κ1) is 14.3. The molecule has 0 radical (unpaired) electrons. The molecule has 7 heteroatoms. The van der Waals surface area contributed by atoms with Crippen LogP contribution in [0.15, 0.2) is 24.3 Å². The molecule has 0 spiro atoms. The van der Waals surface area contributed by atoms with E-state index in [1.165, 1.54) is 24.3 Å². The fourth-order valence-electron chi connectivity index (χ4n) is 1.41. The molecule has 4 nitrogen and oxygen atoms in total. The standard InChI is InChI=1S/C11H13F3N2O2/c12-11(13,14)7-16(6-5-15)10(18)8-1-3-9(17)4-2-8/h1-4,17H,5-7,15H2. The number of aromatic hydroxyl groups is 1. The van der Waals surface area contributed by atoms with Crippen molar-refractivity contribution < 1.29 is 23.1 Å². The lowest BCUT2D eigenvalue weighted by Crippen LogP contribution is -2.41. The molecule has 3 N–H and O–H groups in total. The van der Waals surface area contributed by atoms with Crippen LogP contribution in [0.25, 0.3) is 0 Å². The van der Waals surface area contributed by atoms with Crippen LogP contribution in [-0.2, 0) is 0 Å². The largest absolute Gasteiger partial charge is 0.508 e. The van der Waals surface area contributed by atoms with Gasteiger partial charge in [-0.25, -0.2) is 0 Å². The summed E-state index contributed by atoms with van der Waals surface area (Å²) in [7, 11) is 0. The molecule has 18 heavy (non-hydrogen) atoms.